The molecule has 148 valence electrons. The van der Waals surface area contributed by atoms with Gasteiger partial charge in [0.05, 0.1) is 5.56 Å². The summed E-state index contributed by atoms with van der Waals surface area (Å²) in [5.74, 6) is 1.44. The maximum Gasteiger partial charge on any atom is 0.256 e. The number of hydrogen-bond acceptors (Lipinski definition) is 4. The minimum absolute atomic E-state index is 0.0706. The molecule has 5 heteroatoms. The number of carbonyl (C=O) groups is 1. The summed E-state index contributed by atoms with van der Waals surface area (Å²) < 4.78 is 0. The van der Waals surface area contributed by atoms with E-state index in [0.29, 0.717) is 16.9 Å². The molecule has 0 N–H and O–H groups in total. The van der Waals surface area contributed by atoms with Crippen molar-refractivity contribution in [3.8, 4) is 0 Å². The van der Waals surface area contributed by atoms with Gasteiger partial charge < -0.3 is 9.80 Å². The van der Waals surface area contributed by atoms with Gasteiger partial charge >= 0.3 is 0 Å². The number of amides is 1. The zero-order valence-corrected chi connectivity index (χ0v) is 17.0. The number of nitrogens with zero attached hydrogens (tertiary/aromatic N) is 4. The summed E-state index contributed by atoms with van der Waals surface area (Å²) >= 11 is 0. The predicted molar refractivity (Wildman–Crippen MR) is 110 cm³/mol. The molecule has 0 saturated carbocycles. The Hall–Kier alpha value is -2.27. The van der Waals surface area contributed by atoms with E-state index < -0.39 is 0 Å². The van der Waals surface area contributed by atoms with E-state index in [1.807, 2.05) is 11.8 Å². The minimum Gasteiger partial charge on any atom is -0.339 e. The molecule has 1 aromatic carbocycles. The molecule has 1 aromatic heterocycles. The van der Waals surface area contributed by atoms with Gasteiger partial charge in [0.2, 0.25) is 0 Å². The number of piperidine rings is 2. The van der Waals surface area contributed by atoms with Gasteiger partial charge in [-0.15, -0.1) is 0 Å². The van der Waals surface area contributed by atoms with Gasteiger partial charge in [-0.05, 0) is 43.2 Å². The molecule has 0 unspecified atom stereocenters. The topological polar surface area (TPSA) is 49.3 Å². The van der Waals surface area contributed by atoms with Crippen molar-refractivity contribution in [3.63, 3.8) is 0 Å². The molecule has 0 radical (unpaired) electrons. The second-order valence-electron chi connectivity index (χ2n) is 8.54. The van der Waals surface area contributed by atoms with E-state index in [1.165, 1.54) is 12.0 Å². The molecule has 2 aliphatic rings. The molecule has 2 saturated heterocycles. The third-order valence-electron chi connectivity index (χ3n) is 6.47. The molecular formula is C23H30N4O. The lowest BCUT2D eigenvalue weighted by molar-refractivity contribution is 0.0224. The standard InChI is InChI=1S/C23H30N4O/c1-3-21-24-14-20(15-25-21)22(28)27-11-9-23(10-12-27)13-19(16-26(2)17-23)18-7-5-4-6-8-18/h4-8,14-15,19H,3,9-13,16-17H2,1-2H3/t19-/m0/s1. The van der Waals surface area contributed by atoms with Crippen LogP contribution in [0, 0.1) is 5.41 Å². The van der Waals surface area contributed by atoms with Crippen LogP contribution in [0.25, 0.3) is 0 Å². The highest BCUT2D eigenvalue weighted by atomic mass is 16.2. The number of aromatic nitrogens is 2. The first-order valence-electron chi connectivity index (χ1n) is 10.4. The van der Waals surface area contributed by atoms with Crippen molar-refractivity contribution in [1.82, 2.24) is 19.8 Å². The molecule has 1 atom stereocenters. The second kappa shape index (κ2) is 8.00. The molecule has 5 nitrogen and oxygen atoms in total. The smallest absolute Gasteiger partial charge is 0.256 e. The van der Waals surface area contributed by atoms with Crippen LogP contribution in [0.15, 0.2) is 42.7 Å². The van der Waals surface area contributed by atoms with Gasteiger partial charge in [-0.2, -0.15) is 0 Å². The normalized spacial score (nSPS) is 22.4. The number of aryl methyl sites for hydroxylation is 1. The monoisotopic (exact) mass is 378 g/mol. The molecule has 3 heterocycles. The van der Waals surface area contributed by atoms with Crippen molar-refractivity contribution in [2.75, 3.05) is 33.2 Å². The molecule has 1 spiro atoms. The lowest BCUT2D eigenvalue weighted by Gasteiger charge is -2.49. The van der Waals surface area contributed by atoms with Crippen LogP contribution in [0.2, 0.25) is 0 Å². The molecule has 28 heavy (non-hydrogen) atoms. The maximum absolute atomic E-state index is 12.9. The predicted octanol–water partition coefficient (Wildman–Crippen LogP) is 3.38. The van der Waals surface area contributed by atoms with Crippen molar-refractivity contribution in [3.05, 3.63) is 59.7 Å². The average molecular weight is 379 g/mol. The quantitative estimate of drug-likeness (QED) is 0.822. The van der Waals surface area contributed by atoms with E-state index in [1.54, 1.807) is 12.4 Å². The summed E-state index contributed by atoms with van der Waals surface area (Å²) in [6, 6.07) is 10.9. The highest BCUT2D eigenvalue weighted by molar-refractivity contribution is 5.93. The Morgan fingerprint density at radius 2 is 1.82 bits per heavy atom. The van der Waals surface area contributed by atoms with Crippen LogP contribution in [-0.2, 0) is 6.42 Å². The van der Waals surface area contributed by atoms with E-state index in [2.05, 4.69) is 52.2 Å². The van der Waals surface area contributed by atoms with Crippen molar-refractivity contribution in [2.24, 2.45) is 5.41 Å². The van der Waals surface area contributed by atoms with Crippen molar-refractivity contribution in [1.29, 1.82) is 0 Å². The SMILES string of the molecule is CCc1ncc(C(=O)N2CCC3(CC2)C[C@H](c2ccccc2)CN(C)C3)cn1. The second-order valence-corrected chi connectivity index (χ2v) is 8.54. The van der Waals surface area contributed by atoms with Crippen LogP contribution in [-0.4, -0.2) is 58.9 Å². The number of carbonyl (C=O) groups excluding carboxylic acids is 1. The molecule has 0 aliphatic carbocycles. The Bertz CT molecular complexity index is 797. The van der Waals surface area contributed by atoms with Crippen LogP contribution in [0.1, 0.15) is 53.8 Å². The number of benzene rings is 1. The first-order chi connectivity index (χ1) is 13.6. The molecule has 2 aromatic rings. The largest absolute Gasteiger partial charge is 0.339 e. The molecule has 2 aliphatic heterocycles. The Labute approximate surface area is 167 Å². The Morgan fingerprint density at radius 3 is 2.46 bits per heavy atom. The van der Waals surface area contributed by atoms with E-state index in [4.69, 9.17) is 0 Å². The van der Waals surface area contributed by atoms with Crippen molar-refractivity contribution < 1.29 is 4.79 Å². The van der Waals surface area contributed by atoms with Crippen LogP contribution < -0.4 is 0 Å². The minimum atomic E-state index is 0.0706. The van der Waals surface area contributed by atoms with Crippen LogP contribution in [0.4, 0.5) is 0 Å². The number of likely N-dealkylation sites (N-methyl/N-ethyl adjacent to an activating group) is 1. The summed E-state index contributed by atoms with van der Waals surface area (Å²) in [6.45, 7) is 5.92. The van der Waals surface area contributed by atoms with Crippen LogP contribution >= 0.6 is 0 Å². The van der Waals surface area contributed by atoms with E-state index >= 15 is 0 Å². The van der Waals surface area contributed by atoms with Crippen molar-refractivity contribution in [2.45, 2.75) is 38.5 Å². The fourth-order valence-electron chi connectivity index (χ4n) is 4.99. The fraction of sp³-hybridized carbons (Fsp3) is 0.522. The van der Waals surface area contributed by atoms with Crippen molar-refractivity contribution >= 4 is 5.91 Å². The molecule has 0 bridgehead atoms. The Morgan fingerprint density at radius 1 is 1.14 bits per heavy atom. The fourth-order valence-corrected chi connectivity index (χ4v) is 4.99. The summed E-state index contributed by atoms with van der Waals surface area (Å²) in [4.78, 5) is 25.9. The Balaban J connectivity index is 1.42. The van der Waals surface area contributed by atoms with Gasteiger partial charge in [0.15, 0.2) is 0 Å². The van der Waals surface area contributed by atoms with Crippen LogP contribution in [0.3, 0.4) is 0 Å². The lowest BCUT2D eigenvalue weighted by Crippen LogP contribution is -2.51. The first-order valence-corrected chi connectivity index (χ1v) is 10.4. The van der Waals surface area contributed by atoms with Gasteiger partial charge in [-0.25, -0.2) is 9.97 Å². The zero-order chi connectivity index (χ0) is 19.6. The highest BCUT2D eigenvalue weighted by Crippen LogP contribution is 2.44. The summed E-state index contributed by atoms with van der Waals surface area (Å²) in [6.07, 6.45) is 7.51. The zero-order valence-electron chi connectivity index (χ0n) is 17.0. The van der Waals surface area contributed by atoms with Crippen LogP contribution in [0.5, 0.6) is 0 Å². The average Bonchev–Trinajstić information content (AvgIpc) is 2.74. The lowest BCUT2D eigenvalue weighted by atomic mass is 9.68. The van der Waals surface area contributed by atoms with Gasteiger partial charge in [-0.1, -0.05) is 37.3 Å². The first kappa shape index (κ1) is 19.1. The number of likely N-dealkylation sites (tertiary alicyclic amines) is 2. The Kier molecular flexibility index (Phi) is 5.44. The molecule has 2 fully saturated rings. The van der Waals surface area contributed by atoms with Gasteiger partial charge in [0.25, 0.3) is 5.91 Å². The molecular weight excluding hydrogens is 348 g/mol. The maximum atomic E-state index is 12.9. The summed E-state index contributed by atoms with van der Waals surface area (Å²) in [5.41, 5.74) is 2.36. The third-order valence-corrected chi connectivity index (χ3v) is 6.47. The van der Waals surface area contributed by atoms with Gasteiger partial charge in [-0.3, -0.25) is 4.79 Å². The highest BCUT2D eigenvalue weighted by Gasteiger charge is 2.42. The van der Waals surface area contributed by atoms with E-state index in [0.717, 1.165) is 51.3 Å². The van der Waals surface area contributed by atoms with E-state index in [9.17, 15) is 4.79 Å². The third kappa shape index (κ3) is 3.95. The summed E-state index contributed by atoms with van der Waals surface area (Å²) in [7, 11) is 2.24. The van der Waals surface area contributed by atoms with Gasteiger partial charge in [0, 0.05) is 45.0 Å². The summed E-state index contributed by atoms with van der Waals surface area (Å²) in [5, 5.41) is 0. The number of hydrogen-bond donors (Lipinski definition) is 0. The van der Waals surface area contributed by atoms with Gasteiger partial charge in [0.1, 0.15) is 5.82 Å². The number of rotatable bonds is 3. The van der Waals surface area contributed by atoms with E-state index in [-0.39, 0.29) is 5.91 Å². The molecule has 4 rings (SSSR count). The molecule has 1 amide bonds.